The van der Waals surface area contributed by atoms with E-state index in [4.69, 9.17) is 0 Å². The van der Waals surface area contributed by atoms with Crippen LogP contribution in [0.25, 0.3) is 0 Å². The number of aryl methyl sites for hydroxylation is 2. The number of carbonyl (C=O) groups excluding carboxylic acids is 1. The molecule has 0 saturated heterocycles. The summed E-state index contributed by atoms with van der Waals surface area (Å²) in [6.07, 6.45) is 3.15. The van der Waals surface area contributed by atoms with Gasteiger partial charge in [0.05, 0.1) is 11.8 Å². The molecule has 0 fully saturated rings. The molecule has 2 aromatic rings. The summed E-state index contributed by atoms with van der Waals surface area (Å²) in [7, 11) is 1.74. The van der Waals surface area contributed by atoms with Gasteiger partial charge in [-0.3, -0.25) is 9.48 Å². The van der Waals surface area contributed by atoms with Gasteiger partial charge in [-0.25, -0.2) is 4.39 Å². The molecular formula is C12H11FN2O. The van der Waals surface area contributed by atoms with Gasteiger partial charge >= 0.3 is 0 Å². The largest absolute Gasteiger partial charge is 0.288 e. The molecule has 0 atom stereocenters. The molecule has 0 bridgehead atoms. The first kappa shape index (κ1) is 10.5. The second-order valence-electron chi connectivity index (χ2n) is 3.69. The third-order valence-electron chi connectivity index (χ3n) is 2.40. The maximum atomic E-state index is 12.9. The average molecular weight is 218 g/mol. The van der Waals surface area contributed by atoms with Gasteiger partial charge in [0.2, 0.25) is 0 Å². The van der Waals surface area contributed by atoms with Crippen molar-refractivity contribution in [1.29, 1.82) is 0 Å². The Hall–Kier alpha value is -1.97. The number of carbonyl (C=O) groups is 1. The fraction of sp³-hybridized carbons (Fsp3) is 0.167. The van der Waals surface area contributed by atoms with E-state index < -0.39 is 0 Å². The van der Waals surface area contributed by atoms with Crippen molar-refractivity contribution in [2.45, 2.75) is 6.92 Å². The molecule has 1 aromatic carbocycles. The smallest absolute Gasteiger partial charge is 0.196 e. The van der Waals surface area contributed by atoms with Crippen LogP contribution in [0.15, 0.2) is 30.6 Å². The molecule has 0 aliphatic heterocycles. The Labute approximate surface area is 92.5 Å². The Bertz CT molecular complexity index is 546. The van der Waals surface area contributed by atoms with E-state index in [-0.39, 0.29) is 11.6 Å². The topological polar surface area (TPSA) is 34.9 Å². The van der Waals surface area contributed by atoms with Crippen LogP contribution in [0, 0.1) is 12.7 Å². The van der Waals surface area contributed by atoms with E-state index in [2.05, 4.69) is 5.10 Å². The molecule has 82 valence electrons. The molecule has 3 nitrogen and oxygen atoms in total. The van der Waals surface area contributed by atoms with Crippen LogP contribution in [0.2, 0.25) is 0 Å². The highest BCUT2D eigenvalue weighted by atomic mass is 19.1. The predicted octanol–water partition coefficient (Wildman–Crippen LogP) is 2.10. The summed E-state index contributed by atoms with van der Waals surface area (Å²) in [5.74, 6) is -0.467. The Kier molecular flexibility index (Phi) is 2.56. The standard InChI is InChI=1S/C12H11FN2O/c1-8-5-10(13)3-4-11(8)12(16)9-6-14-15(2)7-9/h3-7H,1-2H3. The highest BCUT2D eigenvalue weighted by Gasteiger charge is 2.13. The van der Waals surface area contributed by atoms with Crippen molar-refractivity contribution in [2.75, 3.05) is 0 Å². The zero-order valence-electron chi connectivity index (χ0n) is 9.07. The Morgan fingerprint density at radius 3 is 2.75 bits per heavy atom. The minimum Gasteiger partial charge on any atom is -0.288 e. The van der Waals surface area contributed by atoms with E-state index in [0.29, 0.717) is 16.7 Å². The number of benzene rings is 1. The molecule has 0 saturated carbocycles. The zero-order valence-corrected chi connectivity index (χ0v) is 9.07. The summed E-state index contributed by atoms with van der Waals surface area (Å²) >= 11 is 0. The third-order valence-corrected chi connectivity index (χ3v) is 2.40. The maximum absolute atomic E-state index is 12.9. The molecule has 0 spiro atoms. The van der Waals surface area contributed by atoms with Gasteiger partial charge in [0.15, 0.2) is 5.78 Å². The monoisotopic (exact) mass is 218 g/mol. The number of hydrogen-bond acceptors (Lipinski definition) is 2. The van der Waals surface area contributed by atoms with Gasteiger partial charge < -0.3 is 0 Å². The molecule has 4 heteroatoms. The molecule has 1 heterocycles. The van der Waals surface area contributed by atoms with E-state index in [0.717, 1.165) is 0 Å². The first-order chi connectivity index (χ1) is 7.58. The molecule has 0 radical (unpaired) electrons. The predicted molar refractivity (Wildman–Crippen MR) is 57.8 cm³/mol. The second kappa shape index (κ2) is 3.89. The lowest BCUT2D eigenvalue weighted by molar-refractivity contribution is 0.103. The normalized spacial score (nSPS) is 10.4. The SMILES string of the molecule is Cc1cc(F)ccc1C(=O)c1cnn(C)c1. The van der Waals surface area contributed by atoms with Crippen LogP contribution in [-0.2, 0) is 7.05 Å². The van der Waals surface area contributed by atoms with E-state index in [1.165, 1.54) is 24.4 Å². The zero-order chi connectivity index (χ0) is 11.7. The van der Waals surface area contributed by atoms with Crippen LogP contribution < -0.4 is 0 Å². The van der Waals surface area contributed by atoms with Crippen LogP contribution in [0.3, 0.4) is 0 Å². The van der Waals surface area contributed by atoms with Gasteiger partial charge in [-0.1, -0.05) is 0 Å². The number of hydrogen-bond donors (Lipinski definition) is 0. The lowest BCUT2D eigenvalue weighted by Gasteiger charge is -2.02. The van der Waals surface area contributed by atoms with Crippen molar-refractivity contribution in [2.24, 2.45) is 7.05 Å². The summed E-state index contributed by atoms with van der Waals surface area (Å²) < 4.78 is 14.5. The summed E-state index contributed by atoms with van der Waals surface area (Å²) in [5.41, 5.74) is 1.65. The summed E-state index contributed by atoms with van der Waals surface area (Å²) in [6.45, 7) is 1.71. The number of nitrogens with zero attached hydrogens (tertiary/aromatic N) is 2. The Balaban J connectivity index is 2.41. The first-order valence-corrected chi connectivity index (χ1v) is 4.87. The van der Waals surface area contributed by atoms with Crippen LogP contribution in [0.4, 0.5) is 4.39 Å². The van der Waals surface area contributed by atoms with Gasteiger partial charge in [0.1, 0.15) is 5.82 Å². The highest BCUT2D eigenvalue weighted by molar-refractivity contribution is 6.09. The molecule has 16 heavy (non-hydrogen) atoms. The van der Waals surface area contributed by atoms with Gasteiger partial charge in [0.25, 0.3) is 0 Å². The van der Waals surface area contributed by atoms with Crippen molar-refractivity contribution < 1.29 is 9.18 Å². The van der Waals surface area contributed by atoms with E-state index in [1.54, 1.807) is 24.9 Å². The molecule has 1 aromatic heterocycles. The molecule has 0 unspecified atom stereocenters. The van der Waals surface area contributed by atoms with Gasteiger partial charge in [-0.15, -0.1) is 0 Å². The van der Waals surface area contributed by atoms with Gasteiger partial charge in [-0.2, -0.15) is 5.10 Å². The first-order valence-electron chi connectivity index (χ1n) is 4.87. The number of rotatable bonds is 2. The van der Waals surface area contributed by atoms with Crippen molar-refractivity contribution in [3.8, 4) is 0 Å². The van der Waals surface area contributed by atoms with Gasteiger partial charge in [-0.05, 0) is 30.7 Å². The van der Waals surface area contributed by atoms with E-state index in [9.17, 15) is 9.18 Å². The summed E-state index contributed by atoms with van der Waals surface area (Å²) in [4.78, 5) is 12.0. The van der Waals surface area contributed by atoms with Gasteiger partial charge in [0, 0.05) is 18.8 Å². The molecule has 0 aliphatic rings. The van der Waals surface area contributed by atoms with Crippen LogP contribution in [-0.4, -0.2) is 15.6 Å². The average Bonchev–Trinajstić information content (AvgIpc) is 2.64. The van der Waals surface area contributed by atoms with Crippen molar-refractivity contribution in [3.63, 3.8) is 0 Å². The quantitative estimate of drug-likeness (QED) is 0.723. The Morgan fingerprint density at radius 2 is 2.19 bits per heavy atom. The minimum absolute atomic E-state index is 0.134. The van der Waals surface area contributed by atoms with Crippen molar-refractivity contribution in [3.05, 3.63) is 53.1 Å². The second-order valence-corrected chi connectivity index (χ2v) is 3.69. The minimum atomic E-state index is -0.333. The number of aromatic nitrogens is 2. The Morgan fingerprint density at radius 1 is 1.44 bits per heavy atom. The fourth-order valence-corrected chi connectivity index (χ4v) is 1.58. The van der Waals surface area contributed by atoms with E-state index in [1.807, 2.05) is 0 Å². The van der Waals surface area contributed by atoms with Crippen molar-refractivity contribution in [1.82, 2.24) is 9.78 Å². The molecular weight excluding hydrogens is 207 g/mol. The highest BCUT2D eigenvalue weighted by Crippen LogP contribution is 2.14. The van der Waals surface area contributed by atoms with Crippen LogP contribution >= 0.6 is 0 Å². The van der Waals surface area contributed by atoms with Crippen molar-refractivity contribution >= 4 is 5.78 Å². The fourth-order valence-electron chi connectivity index (χ4n) is 1.58. The van der Waals surface area contributed by atoms with Crippen LogP contribution in [0.1, 0.15) is 21.5 Å². The molecule has 0 amide bonds. The number of ketones is 1. The third kappa shape index (κ3) is 1.86. The lowest BCUT2D eigenvalue weighted by Crippen LogP contribution is -2.03. The molecule has 0 N–H and O–H groups in total. The number of halogens is 1. The van der Waals surface area contributed by atoms with Crippen LogP contribution in [0.5, 0.6) is 0 Å². The lowest BCUT2D eigenvalue weighted by atomic mass is 10.0. The van der Waals surface area contributed by atoms with E-state index >= 15 is 0 Å². The molecule has 2 rings (SSSR count). The summed E-state index contributed by atoms with van der Waals surface area (Å²) in [6, 6.07) is 4.14. The molecule has 0 aliphatic carbocycles. The maximum Gasteiger partial charge on any atom is 0.196 e. The summed E-state index contributed by atoms with van der Waals surface area (Å²) in [5, 5.41) is 3.93.